The first-order valence-electron chi connectivity index (χ1n) is 7.85. The lowest BCUT2D eigenvalue weighted by atomic mass is 10.1. The lowest BCUT2D eigenvalue weighted by Crippen LogP contribution is -2.40. The highest BCUT2D eigenvalue weighted by Crippen LogP contribution is 2.24. The van der Waals surface area contributed by atoms with Crippen molar-refractivity contribution in [2.24, 2.45) is 0 Å². The number of carbonyl (C=O) groups excluding carboxylic acids is 1. The monoisotopic (exact) mass is 302 g/mol. The zero-order valence-corrected chi connectivity index (χ0v) is 12.9. The van der Waals surface area contributed by atoms with Crippen LogP contribution in [0.2, 0.25) is 0 Å². The number of rotatable bonds is 5. The lowest BCUT2D eigenvalue weighted by Gasteiger charge is -2.33. The molecule has 1 unspecified atom stereocenters. The van der Waals surface area contributed by atoms with Crippen LogP contribution in [0.1, 0.15) is 47.2 Å². The Labute approximate surface area is 130 Å². The van der Waals surface area contributed by atoms with E-state index in [1.54, 1.807) is 18.6 Å². The molecule has 1 aliphatic heterocycles. The zero-order valence-electron chi connectivity index (χ0n) is 12.9. The Kier molecular flexibility index (Phi) is 4.63. The van der Waals surface area contributed by atoms with E-state index < -0.39 is 0 Å². The fourth-order valence-corrected chi connectivity index (χ4v) is 3.00. The van der Waals surface area contributed by atoms with Crippen molar-refractivity contribution in [1.29, 1.82) is 0 Å². The number of hydrogen-bond acceptors (Lipinski definition) is 4. The molecular weight excluding hydrogens is 280 g/mol. The molecule has 118 valence electrons. The molecule has 2 aromatic rings. The average Bonchev–Trinajstić information content (AvgIpc) is 3.20. The van der Waals surface area contributed by atoms with Crippen molar-refractivity contribution < 1.29 is 13.6 Å². The van der Waals surface area contributed by atoms with Crippen molar-refractivity contribution in [3.8, 4) is 0 Å². The standard InChI is InChI=1S/C17H22N2O3/c1-13-7-11-22-16(13)17(20)18-12-14(15-6-5-10-21-15)19-8-3-2-4-9-19/h5-7,10-11,14H,2-4,8-9,12H2,1H3,(H,18,20). The van der Waals surface area contributed by atoms with Gasteiger partial charge in [-0.2, -0.15) is 0 Å². The number of likely N-dealkylation sites (tertiary alicyclic amines) is 1. The summed E-state index contributed by atoms with van der Waals surface area (Å²) in [6.45, 7) is 4.47. The van der Waals surface area contributed by atoms with Crippen LogP contribution in [0.15, 0.2) is 39.6 Å². The predicted molar refractivity (Wildman–Crippen MR) is 82.7 cm³/mol. The van der Waals surface area contributed by atoms with Crippen LogP contribution in [0.3, 0.4) is 0 Å². The van der Waals surface area contributed by atoms with Gasteiger partial charge in [-0.1, -0.05) is 6.42 Å². The number of hydrogen-bond donors (Lipinski definition) is 1. The Balaban J connectivity index is 1.68. The second-order valence-corrected chi connectivity index (χ2v) is 5.77. The van der Waals surface area contributed by atoms with Crippen LogP contribution in [0.5, 0.6) is 0 Å². The molecule has 1 aliphatic rings. The minimum atomic E-state index is -0.170. The Morgan fingerprint density at radius 2 is 2.05 bits per heavy atom. The third-order valence-corrected chi connectivity index (χ3v) is 4.23. The van der Waals surface area contributed by atoms with Crippen LogP contribution in [-0.2, 0) is 0 Å². The molecule has 0 aliphatic carbocycles. The topological polar surface area (TPSA) is 58.6 Å². The van der Waals surface area contributed by atoms with Gasteiger partial charge in [0.1, 0.15) is 5.76 Å². The highest BCUT2D eigenvalue weighted by Gasteiger charge is 2.25. The second-order valence-electron chi connectivity index (χ2n) is 5.77. The molecule has 1 atom stereocenters. The van der Waals surface area contributed by atoms with Gasteiger partial charge in [-0.3, -0.25) is 9.69 Å². The van der Waals surface area contributed by atoms with Crippen molar-refractivity contribution in [3.63, 3.8) is 0 Å². The van der Waals surface area contributed by atoms with Crippen molar-refractivity contribution in [1.82, 2.24) is 10.2 Å². The first-order chi connectivity index (χ1) is 10.8. The minimum absolute atomic E-state index is 0.0783. The highest BCUT2D eigenvalue weighted by molar-refractivity contribution is 5.92. The Bertz CT molecular complexity index is 597. The van der Waals surface area contributed by atoms with E-state index in [2.05, 4.69) is 10.2 Å². The highest BCUT2D eigenvalue weighted by atomic mass is 16.3. The molecule has 0 radical (unpaired) electrons. The molecule has 1 fully saturated rings. The van der Waals surface area contributed by atoms with Gasteiger partial charge in [0, 0.05) is 12.1 Å². The predicted octanol–water partition coefficient (Wildman–Crippen LogP) is 3.14. The van der Waals surface area contributed by atoms with Gasteiger partial charge in [-0.15, -0.1) is 0 Å². The number of piperidine rings is 1. The molecule has 5 heteroatoms. The van der Waals surface area contributed by atoms with E-state index in [0.717, 1.165) is 24.4 Å². The Morgan fingerprint density at radius 1 is 1.23 bits per heavy atom. The summed E-state index contributed by atoms with van der Waals surface area (Å²) in [6, 6.07) is 5.74. The molecule has 3 heterocycles. The van der Waals surface area contributed by atoms with Crippen molar-refractivity contribution >= 4 is 5.91 Å². The van der Waals surface area contributed by atoms with E-state index in [4.69, 9.17) is 8.83 Å². The van der Waals surface area contributed by atoms with Crippen LogP contribution in [-0.4, -0.2) is 30.4 Å². The molecule has 0 bridgehead atoms. The fraction of sp³-hybridized carbons (Fsp3) is 0.471. The number of amides is 1. The smallest absolute Gasteiger partial charge is 0.287 e. The number of carbonyl (C=O) groups is 1. The maximum atomic E-state index is 12.2. The van der Waals surface area contributed by atoms with E-state index in [0.29, 0.717) is 12.3 Å². The van der Waals surface area contributed by atoms with E-state index >= 15 is 0 Å². The summed E-state index contributed by atoms with van der Waals surface area (Å²) in [5.74, 6) is 1.12. The molecule has 22 heavy (non-hydrogen) atoms. The van der Waals surface area contributed by atoms with Crippen molar-refractivity contribution in [2.75, 3.05) is 19.6 Å². The van der Waals surface area contributed by atoms with Crippen molar-refractivity contribution in [3.05, 3.63) is 47.8 Å². The second kappa shape index (κ2) is 6.83. The van der Waals surface area contributed by atoms with Gasteiger partial charge in [0.2, 0.25) is 0 Å². The van der Waals surface area contributed by atoms with Crippen LogP contribution in [0.4, 0.5) is 0 Å². The van der Waals surface area contributed by atoms with E-state index in [1.165, 1.54) is 19.3 Å². The summed E-state index contributed by atoms with van der Waals surface area (Å²) in [6.07, 6.45) is 6.90. The Hall–Kier alpha value is -2.01. The largest absolute Gasteiger partial charge is 0.468 e. The molecule has 0 aromatic carbocycles. The first kappa shape index (κ1) is 14.9. The molecule has 0 spiro atoms. The first-order valence-corrected chi connectivity index (χ1v) is 7.85. The van der Waals surface area contributed by atoms with Gasteiger partial charge in [0.15, 0.2) is 5.76 Å². The van der Waals surface area contributed by atoms with Crippen LogP contribution >= 0.6 is 0 Å². The van der Waals surface area contributed by atoms with Gasteiger partial charge in [-0.25, -0.2) is 0 Å². The molecule has 1 saturated heterocycles. The normalized spacial score (nSPS) is 17.3. The lowest BCUT2D eigenvalue weighted by molar-refractivity contribution is 0.0886. The third kappa shape index (κ3) is 3.25. The summed E-state index contributed by atoms with van der Waals surface area (Å²) in [5, 5.41) is 2.98. The molecule has 1 N–H and O–H groups in total. The maximum Gasteiger partial charge on any atom is 0.287 e. The summed E-state index contributed by atoms with van der Waals surface area (Å²) in [4.78, 5) is 14.6. The van der Waals surface area contributed by atoms with Gasteiger partial charge >= 0.3 is 0 Å². The molecular formula is C17H22N2O3. The summed E-state index contributed by atoms with van der Waals surface area (Å²) >= 11 is 0. The average molecular weight is 302 g/mol. The SMILES string of the molecule is Cc1ccoc1C(=O)NCC(c1ccco1)N1CCCCC1. The Morgan fingerprint density at radius 3 is 2.68 bits per heavy atom. The number of aryl methyl sites for hydroxylation is 1. The molecule has 5 nitrogen and oxygen atoms in total. The summed E-state index contributed by atoms with van der Waals surface area (Å²) < 4.78 is 10.8. The van der Waals surface area contributed by atoms with Gasteiger partial charge < -0.3 is 14.2 Å². The number of furan rings is 2. The molecule has 2 aromatic heterocycles. The van der Waals surface area contributed by atoms with Crippen LogP contribution in [0, 0.1) is 6.92 Å². The van der Waals surface area contributed by atoms with E-state index in [1.807, 2.05) is 19.1 Å². The fourth-order valence-electron chi connectivity index (χ4n) is 3.00. The third-order valence-electron chi connectivity index (χ3n) is 4.23. The van der Waals surface area contributed by atoms with Crippen LogP contribution in [0.25, 0.3) is 0 Å². The van der Waals surface area contributed by atoms with E-state index in [-0.39, 0.29) is 11.9 Å². The van der Waals surface area contributed by atoms with Gasteiger partial charge in [-0.05, 0) is 51.1 Å². The van der Waals surface area contributed by atoms with Crippen LogP contribution < -0.4 is 5.32 Å². The number of nitrogens with one attached hydrogen (secondary N) is 1. The minimum Gasteiger partial charge on any atom is -0.468 e. The van der Waals surface area contributed by atoms with Gasteiger partial charge in [0.05, 0.1) is 18.6 Å². The number of nitrogens with zero attached hydrogens (tertiary/aromatic N) is 1. The zero-order chi connectivity index (χ0) is 15.4. The summed E-state index contributed by atoms with van der Waals surface area (Å²) in [7, 11) is 0. The summed E-state index contributed by atoms with van der Waals surface area (Å²) in [5.41, 5.74) is 0.852. The van der Waals surface area contributed by atoms with E-state index in [9.17, 15) is 4.79 Å². The molecule has 3 rings (SSSR count). The maximum absolute atomic E-state index is 12.2. The molecule has 0 saturated carbocycles. The molecule has 1 amide bonds. The quantitative estimate of drug-likeness (QED) is 0.922. The van der Waals surface area contributed by atoms with Crippen molar-refractivity contribution in [2.45, 2.75) is 32.2 Å². The van der Waals surface area contributed by atoms with Gasteiger partial charge in [0.25, 0.3) is 5.91 Å².